The van der Waals surface area contributed by atoms with E-state index in [1.54, 1.807) is 13.8 Å². The molecule has 0 spiro atoms. The third-order valence-corrected chi connectivity index (χ3v) is 4.30. The number of rotatable bonds is 6. The maximum absolute atomic E-state index is 11.8. The fourth-order valence-corrected chi connectivity index (χ4v) is 2.41. The van der Waals surface area contributed by atoms with Gasteiger partial charge in [0.25, 0.3) is 0 Å². The van der Waals surface area contributed by atoms with Gasteiger partial charge in [-0.05, 0) is 38.5 Å². The number of nitrogens with one attached hydrogen (secondary N) is 1. The number of nitrogens with two attached hydrogens (primary N) is 1. The molecule has 0 bridgehead atoms. The zero-order valence-corrected chi connectivity index (χ0v) is 12.7. The number of aliphatic carboxylic acids is 1. The Kier molecular flexibility index (Phi) is 5.59. The first-order valence-corrected chi connectivity index (χ1v) is 7.20. The maximum Gasteiger partial charge on any atom is 0.321 e. The Hall–Kier alpha value is -1.53. The first-order valence-electron chi connectivity index (χ1n) is 6.21. The number of thioether (sulfide) groups is 1. The quantitative estimate of drug-likeness (QED) is 0.745. The Bertz CT molecular complexity index is 503. The van der Waals surface area contributed by atoms with Gasteiger partial charge >= 0.3 is 5.97 Å². The maximum atomic E-state index is 11.8. The molecule has 0 aliphatic heterocycles. The van der Waals surface area contributed by atoms with Crippen LogP contribution in [-0.4, -0.2) is 33.5 Å². The molecular weight excluding hydrogens is 276 g/mol. The fraction of sp³-hybridized carbons (Fsp3) is 0.429. The van der Waals surface area contributed by atoms with Crippen molar-refractivity contribution in [2.75, 3.05) is 11.1 Å². The summed E-state index contributed by atoms with van der Waals surface area (Å²) in [5.74, 6) is -1.09. The number of benzene rings is 1. The molecule has 6 heteroatoms. The van der Waals surface area contributed by atoms with E-state index in [0.29, 0.717) is 0 Å². The van der Waals surface area contributed by atoms with Crippen LogP contribution in [0.3, 0.4) is 0 Å². The fourth-order valence-electron chi connectivity index (χ4n) is 1.56. The summed E-state index contributed by atoms with van der Waals surface area (Å²) < 4.78 is -0.713. The zero-order valence-electron chi connectivity index (χ0n) is 11.8. The molecule has 0 unspecified atom stereocenters. The molecule has 0 aliphatic rings. The van der Waals surface area contributed by atoms with E-state index < -0.39 is 16.8 Å². The molecule has 4 N–H and O–H groups in total. The van der Waals surface area contributed by atoms with Crippen LogP contribution in [0.2, 0.25) is 0 Å². The standard InChI is InChI=1S/C14H20N2O3S/c1-9-5-4-6-10(7-9)16-11(17)8-20-14(2,3)12(15)13(18)19/h4-7,12H,8,15H2,1-3H3,(H,16,17)(H,18,19)/t12-/m1/s1. The minimum atomic E-state index is -1.07. The summed E-state index contributed by atoms with van der Waals surface area (Å²) in [6.07, 6.45) is 0. The lowest BCUT2D eigenvalue weighted by Gasteiger charge is -2.27. The van der Waals surface area contributed by atoms with E-state index in [0.717, 1.165) is 11.3 Å². The topological polar surface area (TPSA) is 92.4 Å². The van der Waals surface area contributed by atoms with Gasteiger partial charge in [-0.15, -0.1) is 11.8 Å². The molecule has 0 aliphatic carbocycles. The Labute approximate surface area is 122 Å². The van der Waals surface area contributed by atoms with E-state index in [4.69, 9.17) is 10.8 Å². The van der Waals surface area contributed by atoms with Crippen LogP contribution in [0.25, 0.3) is 0 Å². The van der Waals surface area contributed by atoms with Crippen molar-refractivity contribution in [2.45, 2.75) is 31.6 Å². The molecular formula is C14H20N2O3S. The van der Waals surface area contributed by atoms with Crippen LogP contribution in [0.4, 0.5) is 5.69 Å². The Morgan fingerprint density at radius 2 is 2.10 bits per heavy atom. The molecule has 1 aromatic rings. The summed E-state index contributed by atoms with van der Waals surface area (Å²) in [5.41, 5.74) is 7.39. The first-order chi connectivity index (χ1) is 9.22. The number of hydrogen-bond donors (Lipinski definition) is 3. The van der Waals surface area contributed by atoms with Crippen molar-refractivity contribution in [3.8, 4) is 0 Å². The molecule has 1 aromatic carbocycles. The molecule has 0 saturated heterocycles. The highest BCUT2D eigenvalue weighted by Crippen LogP contribution is 2.27. The number of carboxylic acids is 1. The molecule has 0 saturated carbocycles. The molecule has 0 heterocycles. The van der Waals surface area contributed by atoms with Gasteiger partial charge in [-0.3, -0.25) is 9.59 Å². The van der Waals surface area contributed by atoms with E-state index in [1.807, 2.05) is 31.2 Å². The average Bonchev–Trinajstić information content (AvgIpc) is 2.35. The van der Waals surface area contributed by atoms with Gasteiger partial charge in [0.05, 0.1) is 5.75 Å². The van der Waals surface area contributed by atoms with E-state index in [2.05, 4.69) is 5.32 Å². The van der Waals surface area contributed by atoms with Crippen LogP contribution in [0.1, 0.15) is 19.4 Å². The van der Waals surface area contributed by atoms with Crippen molar-refractivity contribution in [1.29, 1.82) is 0 Å². The molecule has 1 atom stereocenters. The van der Waals surface area contributed by atoms with Gasteiger partial charge < -0.3 is 16.2 Å². The third kappa shape index (κ3) is 4.86. The second-order valence-electron chi connectivity index (χ2n) is 5.13. The van der Waals surface area contributed by atoms with Gasteiger partial charge in [0.2, 0.25) is 5.91 Å². The summed E-state index contributed by atoms with van der Waals surface area (Å²) in [6, 6.07) is 6.47. The van der Waals surface area contributed by atoms with E-state index >= 15 is 0 Å². The molecule has 1 amide bonds. The van der Waals surface area contributed by atoms with Crippen molar-refractivity contribution >= 4 is 29.3 Å². The van der Waals surface area contributed by atoms with Crippen molar-refractivity contribution < 1.29 is 14.7 Å². The summed E-state index contributed by atoms with van der Waals surface area (Å²) >= 11 is 1.23. The monoisotopic (exact) mass is 296 g/mol. The highest BCUT2D eigenvalue weighted by Gasteiger charge is 2.33. The van der Waals surface area contributed by atoms with Gasteiger partial charge in [-0.25, -0.2) is 0 Å². The first kappa shape index (κ1) is 16.5. The minimum Gasteiger partial charge on any atom is -0.480 e. The van der Waals surface area contributed by atoms with Crippen LogP contribution in [0.15, 0.2) is 24.3 Å². The van der Waals surface area contributed by atoms with Crippen LogP contribution in [0, 0.1) is 6.92 Å². The predicted octanol–water partition coefficient (Wildman–Crippen LogP) is 1.86. The zero-order chi connectivity index (χ0) is 15.3. The van der Waals surface area contributed by atoms with Gasteiger partial charge in [0, 0.05) is 10.4 Å². The van der Waals surface area contributed by atoms with Gasteiger partial charge in [0.15, 0.2) is 0 Å². The Morgan fingerprint density at radius 3 is 2.65 bits per heavy atom. The summed E-state index contributed by atoms with van der Waals surface area (Å²) in [7, 11) is 0. The Morgan fingerprint density at radius 1 is 1.45 bits per heavy atom. The number of carbonyl (C=O) groups excluding carboxylic acids is 1. The largest absolute Gasteiger partial charge is 0.480 e. The second-order valence-corrected chi connectivity index (χ2v) is 6.76. The molecule has 20 heavy (non-hydrogen) atoms. The van der Waals surface area contributed by atoms with Crippen molar-refractivity contribution in [3.63, 3.8) is 0 Å². The number of carbonyl (C=O) groups is 2. The molecule has 110 valence electrons. The molecule has 5 nitrogen and oxygen atoms in total. The van der Waals surface area contributed by atoms with Gasteiger partial charge in [-0.1, -0.05) is 12.1 Å². The second kappa shape index (κ2) is 6.76. The highest BCUT2D eigenvalue weighted by molar-refractivity contribution is 8.01. The summed E-state index contributed by atoms with van der Waals surface area (Å²) in [6.45, 7) is 5.38. The molecule has 0 aromatic heterocycles. The van der Waals surface area contributed by atoms with Crippen LogP contribution in [0.5, 0.6) is 0 Å². The van der Waals surface area contributed by atoms with Gasteiger partial charge in [-0.2, -0.15) is 0 Å². The number of aryl methyl sites for hydroxylation is 1. The van der Waals surface area contributed by atoms with Gasteiger partial charge in [0.1, 0.15) is 6.04 Å². The third-order valence-electron chi connectivity index (χ3n) is 2.89. The predicted molar refractivity (Wildman–Crippen MR) is 82.0 cm³/mol. The van der Waals surface area contributed by atoms with Crippen molar-refractivity contribution in [1.82, 2.24) is 0 Å². The van der Waals surface area contributed by atoms with E-state index in [-0.39, 0.29) is 11.7 Å². The lowest BCUT2D eigenvalue weighted by molar-refractivity contribution is -0.139. The van der Waals surface area contributed by atoms with Crippen LogP contribution in [-0.2, 0) is 9.59 Å². The smallest absolute Gasteiger partial charge is 0.321 e. The number of amides is 1. The minimum absolute atomic E-state index is 0.155. The SMILES string of the molecule is Cc1cccc(NC(=O)CSC(C)(C)[C@H](N)C(=O)O)c1. The highest BCUT2D eigenvalue weighted by atomic mass is 32.2. The average molecular weight is 296 g/mol. The lowest BCUT2D eigenvalue weighted by Crippen LogP contribution is -2.47. The number of anilines is 1. The Balaban J connectivity index is 2.53. The molecule has 0 radical (unpaired) electrons. The van der Waals surface area contributed by atoms with Crippen molar-refractivity contribution in [3.05, 3.63) is 29.8 Å². The van der Waals surface area contributed by atoms with Crippen molar-refractivity contribution in [2.24, 2.45) is 5.73 Å². The normalized spacial score (nSPS) is 12.8. The van der Waals surface area contributed by atoms with E-state index in [1.165, 1.54) is 11.8 Å². The lowest BCUT2D eigenvalue weighted by atomic mass is 10.1. The molecule has 1 rings (SSSR count). The molecule has 0 fully saturated rings. The van der Waals surface area contributed by atoms with Crippen LogP contribution >= 0.6 is 11.8 Å². The number of hydrogen-bond acceptors (Lipinski definition) is 4. The van der Waals surface area contributed by atoms with Crippen LogP contribution < -0.4 is 11.1 Å². The van der Waals surface area contributed by atoms with E-state index in [9.17, 15) is 9.59 Å². The summed E-state index contributed by atoms with van der Waals surface area (Å²) in [5, 5.41) is 11.7. The summed E-state index contributed by atoms with van der Waals surface area (Å²) in [4.78, 5) is 22.7. The number of carboxylic acid groups (broad SMARTS) is 1.